The minimum atomic E-state index is -0.753. The molecule has 3 aromatic carbocycles. The number of carboxylic acid groups (broad SMARTS) is 1. The molecule has 1 fully saturated rings. The third-order valence-electron chi connectivity index (χ3n) is 8.23. The Morgan fingerprint density at radius 2 is 1.87 bits per heavy atom. The number of anilines is 2. The Labute approximate surface area is 263 Å². The molecule has 222 valence electrons. The summed E-state index contributed by atoms with van der Waals surface area (Å²) in [6, 6.07) is 17.4. The van der Waals surface area contributed by atoms with Crippen LogP contribution in [0.3, 0.4) is 0 Å². The monoisotopic (exact) mass is 614 g/mol. The van der Waals surface area contributed by atoms with E-state index in [1.807, 2.05) is 61.5 Å². The number of carbonyl (C=O) groups is 1. The molecule has 0 aliphatic carbocycles. The normalized spacial score (nSPS) is 15.0. The van der Waals surface area contributed by atoms with Crippen LogP contribution in [0.15, 0.2) is 77.6 Å². The quantitative estimate of drug-likeness (QED) is 0.182. The maximum atomic E-state index is 11.4. The molecule has 0 bridgehead atoms. The summed E-state index contributed by atoms with van der Waals surface area (Å²) in [7, 11) is 0. The second-order valence-electron chi connectivity index (χ2n) is 11.1. The van der Waals surface area contributed by atoms with Crippen molar-refractivity contribution in [3.63, 3.8) is 0 Å². The molecule has 2 N–H and O–H groups in total. The second kappa shape index (κ2) is 11.7. The fourth-order valence-corrected chi connectivity index (χ4v) is 6.23. The first-order valence-corrected chi connectivity index (χ1v) is 14.8. The zero-order chi connectivity index (χ0) is 31.1. The van der Waals surface area contributed by atoms with Gasteiger partial charge < -0.3 is 14.8 Å². The van der Waals surface area contributed by atoms with Gasteiger partial charge in [-0.2, -0.15) is 0 Å². The van der Waals surface area contributed by atoms with E-state index in [0.29, 0.717) is 64.1 Å². The summed E-state index contributed by atoms with van der Waals surface area (Å²) in [5.74, 6) is 2.66. The molecule has 9 nitrogen and oxygen atoms in total. The van der Waals surface area contributed by atoms with E-state index in [-0.39, 0.29) is 5.92 Å². The lowest BCUT2D eigenvalue weighted by Crippen LogP contribution is -2.22. The van der Waals surface area contributed by atoms with Crippen LogP contribution in [-0.4, -0.2) is 49.0 Å². The third kappa shape index (κ3) is 5.35. The van der Waals surface area contributed by atoms with Crippen molar-refractivity contribution in [1.82, 2.24) is 24.8 Å². The predicted molar refractivity (Wildman–Crippen MR) is 174 cm³/mol. The minimum Gasteiger partial charge on any atom is -0.481 e. The molecule has 10 heteroatoms. The molecular weight excluding hydrogens is 588 g/mol. The number of aromatic nitrogens is 4. The first kappa shape index (κ1) is 28.5. The molecule has 1 aliphatic rings. The highest BCUT2D eigenvalue weighted by molar-refractivity contribution is 6.36. The molecule has 1 saturated heterocycles. The molecule has 6 aromatic rings. The lowest BCUT2D eigenvalue weighted by molar-refractivity contribution is -0.141. The Morgan fingerprint density at radius 3 is 2.69 bits per heavy atom. The molecule has 0 spiro atoms. The first-order chi connectivity index (χ1) is 21.9. The van der Waals surface area contributed by atoms with E-state index in [4.69, 9.17) is 27.4 Å². The molecule has 7 rings (SSSR count). The number of nitrogens with one attached hydrogen (secondary N) is 1. The van der Waals surface area contributed by atoms with Crippen molar-refractivity contribution in [3.05, 3.63) is 94.9 Å². The number of nitrogens with zero attached hydrogens (tertiary/aromatic N) is 5. The van der Waals surface area contributed by atoms with Crippen molar-refractivity contribution in [2.75, 3.05) is 18.4 Å². The van der Waals surface area contributed by atoms with E-state index in [2.05, 4.69) is 31.1 Å². The molecule has 1 atom stereocenters. The average Bonchev–Trinajstić information content (AvgIpc) is 3.70. The number of pyridine rings is 1. The van der Waals surface area contributed by atoms with Crippen LogP contribution in [0.25, 0.3) is 44.7 Å². The summed E-state index contributed by atoms with van der Waals surface area (Å²) in [4.78, 5) is 31.7. The van der Waals surface area contributed by atoms with E-state index in [1.54, 1.807) is 18.6 Å². The second-order valence-corrected chi connectivity index (χ2v) is 11.4. The van der Waals surface area contributed by atoms with Crippen LogP contribution in [0.1, 0.15) is 23.1 Å². The molecule has 4 heterocycles. The largest absolute Gasteiger partial charge is 0.481 e. The van der Waals surface area contributed by atoms with Gasteiger partial charge in [0.15, 0.2) is 11.4 Å². The van der Waals surface area contributed by atoms with Crippen molar-refractivity contribution in [3.8, 4) is 34.9 Å². The highest BCUT2D eigenvalue weighted by Gasteiger charge is 2.28. The topological polar surface area (TPSA) is 117 Å². The molecule has 1 aliphatic heterocycles. The molecule has 0 unspecified atom stereocenters. The van der Waals surface area contributed by atoms with E-state index < -0.39 is 5.97 Å². The van der Waals surface area contributed by atoms with E-state index >= 15 is 0 Å². The summed E-state index contributed by atoms with van der Waals surface area (Å²) in [6.45, 7) is 3.84. The number of rotatable bonds is 7. The van der Waals surface area contributed by atoms with Gasteiger partial charge in [-0.1, -0.05) is 41.8 Å². The third-order valence-corrected chi connectivity index (χ3v) is 8.63. The number of fused-ring (bicyclic) bond motifs is 2. The first-order valence-electron chi connectivity index (χ1n) is 14.5. The van der Waals surface area contributed by atoms with Crippen molar-refractivity contribution in [2.24, 2.45) is 5.92 Å². The molecule has 3 aromatic heterocycles. The Balaban J connectivity index is 1.22. The number of halogens is 1. The van der Waals surface area contributed by atoms with Crippen molar-refractivity contribution < 1.29 is 14.3 Å². The van der Waals surface area contributed by atoms with E-state index in [1.165, 1.54) is 0 Å². The van der Waals surface area contributed by atoms with Gasteiger partial charge in [-0.15, -0.1) is 6.42 Å². The summed E-state index contributed by atoms with van der Waals surface area (Å²) < 4.78 is 6.28. The Bertz CT molecular complexity index is 2150. The van der Waals surface area contributed by atoms with Gasteiger partial charge in [0.05, 0.1) is 27.7 Å². The zero-order valence-corrected chi connectivity index (χ0v) is 25.0. The van der Waals surface area contributed by atoms with Crippen molar-refractivity contribution in [2.45, 2.75) is 19.9 Å². The summed E-state index contributed by atoms with van der Waals surface area (Å²) in [5, 5.41) is 13.2. The van der Waals surface area contributed by atoms with E-state index in [9.17, 15) is 9.90 Å². The van der Waals surface area contributed by atoms with Crippen LogP contribution >= 0.6 is 11.6 Å². The number of terminal acetylenes is 1. The number of likely N-dealkylation sites (tertiary alicyclic amines) is 1. The number of carboxylic acids is 1. The molecule has 45 heavy (non-hydrogen) atoms. The van der Waals surface area contributed by atoms with Crippen molar-refractivity contribution in [1.29, 1.82) is 0 Å². The number of aliphatic carboxylic acids is 1. The molecule has 0 radical (unpaired) electrons. The van der Waals surface area contributed by atoms with Crippen LogP contribution in [0.5, 0.6) is 0 Å². The number of hydrogen-bond donors (Lipinski definition) is 2. The maximum absolute atomic E-state index is 11.4. The van der Waals surface area contributed by atoms with Gasteiger partial charge in [0.2, 0.25) is 5.89 Å². The number of hydrogen-bond acceptors (Lipinski definition) is 8. The van der Waals surface area contributed by atoms with Gasteiger partial charge in [-0.3, -0.25) is 14.7 Å². The standard InChI is InChI=1S/C35H27ClN6O3/c1-3-22-16-21(18-42-15-11-23(19-42)35(43)44)17-29-32(22)45-34(41-29)25-7-4-6-24(20(25)2)26-8-5-9-27(30(26)36)40-33-31-28(10-12-39-33)37-13-14-38-31/h1,4-10,12-14,16-17,23H,11,15,18-19H2,2H3,(H,39,40)(H,43,44)/t23-/m1/s1. The van der Waals surface area contributed by atoms with Gasteiger partial charge in [0, 0.05) is 42.8 Å². The van der Waals surface area contributed by atoms with Crippen molar-refractivity contribution >= 4 is 51.2 Å². The summed E-state index contributed by atoms with van der Waals surface area (Å²) in [5.41, 5.74) is 8.35. The fourth-order valence-electron chi connectivity index (χ4n) is 5.95. The number of benzene rings is 3. The maximum Gasteiger partial charge on any atom is 0.307 e. The van der Waals surface area contributed by atoms with Gasteiger partial charge >= 0.3 is 5.97 Å². The van der Waals surface area contributed by atoms with Crippen LogP contribution in [0, 0.1) is 25.2 Å². The van der Waals surface area contributed by atoms with Gasteiger partial charge in [0.1, 0.15) is 11.0 Å². The summed E-state index contributed by atoms with van der Waals surface area (Å²) in [6.07, 6.45) is 11.5. The van der Waals surface area contributed by atoms with Crippen LogP contribution < -0.4 is 5.32 Å². The molecular formula is C35H27ClN6O3. The minimum absolute atomic E-state index is 0.344. The van der Waals surface area contributed by atoms with Crippen LogP contribution in [-0.2, 0) is 11.3 Å². The molecule has 0 saturated carbocycles. The van der Waals surface area contributed by atoms with Gasteiger partial charge in [0.25, 0.3) is 0 Å². The highest BCUT2D eigenvalue weighted by atomic mass is 35.5. The Hall–Kier alpha value is -5.30. The van der Waals surface area contributed by atoms with Gasteiger partial charge in [-0.25, -0.2) is 15.0 Å². The predicted octanol–water partition coefficient (Wildman–Crippen LogP) is 7.09. The highest BCUT2D eigenvalue weighted by Crippen LogP contribution is 2.40. The molecule has 0 amide bonds. The zero-order valence-electron chi connectivity index (χ0n) is 24.3. The van der Waals surface area contributed by atoms with Gasteiger partial charge in [-0.05, 0) is 66.9 Å². The Morgan fingerprint density at radius 1 is 1.07 bits per heavy atom. The van der Waals surface area contributed by atoms with E-state index in [0.717, 1.165) is 39.9 Å². The fraction of sp³-hybridized carbons (Fsp3) is 0.171. The number of oxazole rings is 1. The lowest BCUT2D eigenvalue weighted by Gasteiger charge is -2.15. The summed E-state index contributed by atoms with van der Waals surface area (Å²) >= 11 is 7.01. The Kier molecular flexibility index (Phi) is 7.37. The van der Waals surface area contributed by atoms with Crippen LogP contribution in [0.2, 0.25) is 5.02 Å². The van der Waals surface area contributed by atoms with Crippen LogP contribution in [0.4, 0.5) is 11.5 Å². The lowest BCUT2D eigenvalue weighted by atomic mass is 9.96. The average molecular weight is 615 g/mol. The smallest absolute Gasteiger partial charge is 0.307 e. The SMILES string of the molecule is C#Cc1cc(CN2CC[C@@H](C(=O)O)C2)cc2nc(-c3cccc(-c4cccc(Nc5nccc6nccnc56)c4Cl)c3C)oc12.